The first-order chi connectivity index (χ1) is 15.3. The van der Waals surface area contributed by atoms with Crippen LogP contribution in [0.25, 0.3) is 0 Å². The van der Waals surface area contributed by atoms with Crippen LogP contribution in [-0.2, 0) is 11.8 Å². The molecular weight excluding hydrogens is 469 g/mol. The van der Waals surface area contributed by atoms with Crippen LogP contribution in [0.3, 0.4) is 0 Å². The summed E-state index contributed by atoms with van der Waals surface area (Å²) in [4.78, 5) is 25.0. The van der Waals surface area contributed by atoms with Crippen LogP contribution in [0.2, 0.25) is 10.0 Å². The van der Waals surface area contributed by atoms with Crippen LogP contribution in [0.1, 0.15) is 36.1 Å². The van der Waals surface area contributed by atoms with Gasteiger partial charge in [-0.1, -0.05) is 60.9 Å². The van der Waals surface area contributed by atoms with Gasteiger partial charge in [-0.3, -0.25) is 9.59 Å². The Balaban J connectivity index is 1.67. The Morgan fingerprint density at radius 2 is 1.75 bits per heavy atom. The summed E-state index contributed by atoms with van der Waals surface area (Å²) in [6.07, 6.45) is 0. The van der Waals surface area contributed by atoms with Crippen LogP contribution in [-0.4, -0.2) is 32.3 Å². The molecule has 0 spiro atoms. The van der Waals surface area contributed by atoms with Crippen LogP contribution >= 0.6 is 35.0 Å². The number of benzene rings is 2. The van der Waals surface area contributed by atoms with Crippen molar-refractivity contribution in [3.8, 4) is 0 Å². The number of hydrogen-bond acceptors (Lipinski definition) is 5. The molecule has 2 amide bonds. The quantitative estimate of drug-likeness (QED) is 0.433. The lowest BCUT2D eigenvalue weighted by atomic mass is 10.0. The van der Waals surface area contributed by atoms with Gasteiger partial charge in [0.25, 0.3) is 5.91 Å². The van der Waals surface area contributed by atoms with Crippen LogP contribution in [0.4, 0.5) is 5.69 Å². The molecule has 0 radical (unpaired) electrons. The lowest BCUT2D eigenvalue weighted by Crippen LogP contribution is -2.33. The fourth-order valence-electron chi connectivity index (χ4n) is 2.98. The number of nitrogens with one attached hydrogen (secondary N) is 2. The Kier molecular flexibility index (Phi) is 8.17. The maximum Gasteiger partial charge on any atom is 0.253 e. The van der Waals surface area contributed by atoms with E-state index in [2.05, 4.69) is 20.8 Å². The van der Waals surface area contributed by atoms with Crippen molar-refractivity contribution in [3.63, 3.8) is 0 Å². The molecule has 7 nitrogen and oxygen atoms in total. The van der Waals surface area contributed by atoms with Crippen LogP contribution in [0.5, 0.6) is 0 Å². The van der Waals surface area contributed by atoms with Gasteiger partial charge in [0, 0.05) is 17.8 Å². The molecule has 0 fully saturated rings. The summed E-state index contributed by atoms with van der Waals surface area (Å²) in [6.45, 7) is 3.97. The molecule has 1 aromatic heterocycles. The summed E-state index contributed by atoms with van der Waals surface area (Å²) in [5.41, 5.74) is 1.07. The zero-order valence-corrected chi connectivity index (χ0v) is 20.1. The summed E-state index contributed by atoms with van der Waals surface area (Å²) in [6, 6.07) is 13.4. The van der Waals surface area contributed by atoms with Crippen molar-refractivity contribution in [2.24, 2.45) is 13.0 Å². The minimum absolute atomic E-state index is 0.0513. The Hall–Kier alpha value is -2.55. The molecule has 3 aromatic rings. The summed E-state index contributed by atoms with van der Waals surface area (Å²) in [7, 11) is 1.81. The highest BCUT2D eigenvalue weighted by Crippen LogP contribution is 2.25. The second-order valence-corrected chi connectivity index (χ2v) is 9.20. The predicted octanol–water partition coefficient (Wildman–Crippen LogP) is 4.98. The van der Waals surface area contributed by atoms with E-state index in [4.69, 9.17) is 23.2 Å². The summed E-state index contributed by atoms with van der Waals surface area (Å²) in [5.74, 6) is 0.354. The van der Waals surface area contributed by atoms with Crippen molar-refractivity contribution in [1.29, 1.82) is 0 Å². The molecule has 0 aliphatic carbocycles. The van der Waals surface area contributed by atoms with Gasteiger partial charge in [0.15, 0.2) is 11.0 Å². The van der Waals surface area contributed by atoms with Gasteiger partial charge >= 0.3 is 0 Å². The maximum absolute atomic E-state index is 12.8. The Bertz CT molecular complexity index is 1100. The lowest BCUT2D eigenvalue weighted by molar-refractivity contribution is -0.113. The molecule has 0 saturated carbocycles. The van der Waals surface area contributed by atoms with Gasteiger partial charge in [-0.25, -0.2) is 0 Å². The normalized spacial score (nSPS) is 11.9. The van der Waals surface area contributed by atoms with Crippen LogP contribution < -0.4 is 10.6 Å². The van der Waals surface area contributed by atoms with Gasteiger partial charge in [-0.2, -0.15) is 0 Å². The van der Waals surface area contributed by atoms with E-state index < -0.39 is 0 Å². The third kappa shape index (κ3) is 6.03. The minimum Gasteiger partial charge on any atom is -0.342 e. The fourth-order valence-corrected chi connectivity index (χ4v) is 4.04. The Morgan fingerprint density at radius 3 is 2.41 bits per heavy atom. The fraction of sp³-hybridized carbons (Fsp3) is 0.273. The van der Waals surface area contributed by atoms with E-state index in [1.165, 1.54) is 11.8 Å². The second kappa shape index (κ2) is 10.8. The van der Waals surface area contributed by atoms with E-state index in [1.54, 1.807) is 53.1 Å². The molecule has 1 unspecified atom stereocenters. The Morgan fingerprint density at radius 1 is 1.06 bits per heavy atom. The van der Waals surface area contributed by atoms with Gasteiger partial charge in [-0.15, -0.1) is 10.2 Å². The monoisotopic (exact) mass is 491 g/mol. The number of nitrogens with zero attached hydrogens (tertiary/aromatic N) is 3. The number of rotatable bonds is 8. The molecule has 168 valence electrons. The minimum atomic E-state index is -0.381. The summed E-state index contributed by atoms with van der Waals surface area (Å²) < 4.78 is 1.79. The molecule has 0 saturated heterocycles. The number of carbonyl (C=O) groups is 2. The van der Waals surface area contributed by atoms with E-state index in [-0.39, 0.29) is 29.5 Å². The SMILES string of the molecule is CC(C)C(NC(=O)c1ccccc1Cl)c1nnc(SCC(=O)Nc2ccc(Cl)cc2)n1C. The highest BCUT2D eigenvalue weighted by atomic mass is 35.5. The number of hydrogen-bond donors (Lipinski definition) is 2. The molecule has 0 aliphatic rings. The molecule has 2 aromatic carbocycles. The van der Waals surface area contributed by atoms with Gasteiger partial charge < -0.3 is 15.2 Å². The van der Waals surface area contributed by atoms with Gasteiger partial charge in [0.2, 0.25) is 5.91 Å². The number of aromatic nitrogens is 3. The third-order valence-corrected chi connectivity index (χ3v) is 6.28. The number of anilines is 1. The third-order valence-electron chi connectivity index (χ3n) is 4.68. The second-order valence-electron chi connectivity index (χ2n) is 7.42. The van der Waals surface area contributed by atoms with Crippen molar-refractivity contribution >= 4 is 52.5 Å². The van der Waals surface area contributed by atoms with Gasteiger partial charge in [0.1, 0.15) is 0 Å². The van der Waals surface area contributed by atoms with Crippen molar-refractivity contribution in [3.05, 3.63) is 70.0 Å². The molecule has 0 bridgehead atoms. The van der Waals surface area contributed by atoms with Gasteiger partial charge in [-0.05, 0) is 42.3 Å². The van der Waals surface area contributed by atoms with Crippen LogP contribution in [0.15, 0.2) is 53.7 Å². The molecule has 0 aliphatic heterocycles. The molecule has 1 atom stereocenters. The van der Waals surface area contributed by atoms with E-state index in [0.717, 1.165) is 0 Å². The Labute approximate surface area is 200 Å². The van der Waals surface area contributed by atoms with Gasteiger partial charge in [0.05, 0.1) is 22.4 Å². The zero-order valence-electron chi connectivity index (χ0n) is 17.8. The van der Waals surface area contributed by atoms with E-state index >= 15 is 0 Å². The highest BCUT2D eigenvalue weighted by Gasteiger charge is 2.26. The van der Waals surface area contributed by atoms with E-state index in [0.29, 0.717) is 32.3 Å². The van der Waals surface area contributed by atoms with E-state index in [1.807, 2.05) is 20.9 Å². The maximum atomic E-state index is 12.8. The molecular formula is C22H23Cl2N5O2S. The zero-order chi connectivity index (χ0) is 23.3. The number of halogens is 2. The van der Waals surface area contributed by atoms with Crippen molar-refractivity contribution in [2.45, 2.75) is 25.0 Å². The first-order valence-corrected chi connectivity index (χ1v) is 11.6. The van der Waals surface area contributed by atoms with E-state index in [9.17, 15) is 9.59 Å². The van der Waals surface area contributed by atoms with Crippen LogP contribution in [0, 0.1) is 5.92 Å². The molecule has 1 heterocycles. The lowest BCUT2D eigenvalue weighted by Gasteiger charge is -2.22. The van der Waals surface area contributed by atoms with Crippen molar-refractivity contribution < 1.29 is 9.59 Å². The average molecular weight is 492 g/mol. The first kappa shape index (κ1) is 24.1. The molecule has 32 heavy (non-hydrogen) atoms. The number of amides is 2. The number of thioether (sulfide) groups is 1. The van der Waals surface area contributed by atoms with Crippen molar-refractivity contribution in [1.82, 2.24) is 20.1 Å². The standard InChI is InChI=1S/C22H23Cl2N5O2S/c1-13(2)19(26-21(31)16-6-4-5-7-17(16)24)20-27-28-22(29(20)3)32-12-18(30)25-15-10-8-14(23)9-11-15/h4-11,13,19H,12H2,1-3H3,(H,25,30)(H,26,31). The topological polar surface area (TPSA) is 88.9 Å². The first-order valence-electron chi connectivity index (χ1n) is 9.89. The molecule has 3 rings (SSSR count). The largest absolute Gasteiger partial charge is 0.342 e. The average Bonchev–Trinajstić information content (AvgIpc) is 3.12. The smallest absolute Gasteiger partial charge is 0.253 e. The molecule has 10 heteroatoms. The predicted molar refractivity (Wildman–Crippen MR) is 128 cm³/mol. The highest BCUT2D eigenvalue weighted by molar-refractivity contribution is 7.99. The molecule has 2 N–H and O–H groups in total. The summed E-state index contributed by atoms with van der Waals surface area (Å²) in [5, 5.41) is 15.9. The summed E-state index contributed by atoms with van der Waals surface area (Å²) >= 11 is 13.3. The van der Waals surface area contributed by atoms with Crippen molar-refractivity contribution in [2.75, 3.05) is 11.1 Å². The number of carbonyl (C=O) groups excluding carboxylic acids is 2.